The molecular weight excluding hydrogens is 875 g/mol. The molecule has 16 nitrogen and oxygen atoms in total. The van der Waals surface area contributed by atoms with Gasteiger partial charge >= 0.3 is 0 Å². The first kappa shape index (κ1) is 48.2. The number of aliphatic hydroxyl groups is 2. The molecule has 8 rings (SSSR count). The van der Waals surface area contributed by atoms with Gasteiger partial charge in [-0.2, -0.15) is 0 Å². The summed E-state index contributed by atoms with van der Waals surface area (Å²) in [4.78, 5) is 47.0. The topological polar surface area (TPSA) is 184 Å². The molecule has 6 aromatic rings. The standard InChI is InChI=1S/C25H28FN5O3.C25H26FN5O3.H2/c2*1-4-27-25-29-20(24(33)31(25)22(14-32)18-6-8-19(26)9-7-18)11-17-5-10-21(23(12-17)34-3)30-13-16(2)28-15-30;/h5-10,12-13,15,20,22,32H,4,11,14H2,1-3H3,(H,27,29);5-13,15,22,32H,4,14H2,1-3H3,(H,27,29);1H/b;20-11-;/t20?,22-;22-;/m11./s1/i;;1+1. The summed E-state index contributed by atoms with van der Waals surface area (Å²) >= 11 is 0. The van der Waals surface area contributed by atoms with Crippen LogP contribution in [-0.4, -0.2) is 109 Å². The minimum Gasteiger partial charge on any atom is -0.495 e. The molecule has 1 unspecified atom stereocenters. The number of aromatic nitrogens is 4. The van der Waals surface area contributed by atoms with Crippen molar-refractivity contribution in [3.63, 3.8) is 0 Å². The summed E-state index contributed by atoms with van der Waals surface area (Å²) in [5.41, 5.74) is 6.64. The van der Waals surface area contributed by atoms with Crippen LogP contribution >= 0.6 is 0 Å². The highest BCUT2D eigenvalue weighted by Gasteiger charge is 2.41. The summed E-state index contributed by atoms with van der Waals surface area (Å²) in [6, 6.07) is 20.9. The van der Waals surface area contributed by atoms with Crippen molar-refractivity contribution in [1.29, 1.82) is 0 Å². The second-order valence-corrected chi connectivity index (χ2v) is 15.8. The Morgan fingerprint density at radius 2 is 1.25 bits per heavy atom. The summed E-state index contributed by atoms with van der Waals surface area (Å²) in [6.45, 7) is 7.79. The van der Waals surface area contributed by atoms with E-state index < -0.39 is 23.9 Å². The average molecular weight is 932 g/mol. The van der Waals surface area contributed by atoms with Crippen LogP contribution in [0.2, 0.25) is 0 Å². The number of aliphatic hydroxyl groups excluding tert-OH is 2. The van der Waals surface area contributed by atoms with Crippen LogP contribution in [-0.2, 0) is 16.0 Å². The van der Waals surface area contributed by atoms with Gasteiger partial charge in [0.1, 0.15) is 34.9 Å². The van der Waals surface area contributed by atoms with Gasteiger partial charge in [-0.3, -0.25) is 29.4 Å². The Bertz CT molecular complexity index is 2830. The number of carbonyl (C=O) groups is 2. The van der Waals surface area contributed by atoms with E-state index in [-0.39, 0.29) is 32.3 Å². The zero-order chi connectivity index (χ0) is 48.5. The van der Waals surface area contributed by atoms with Crippen LogP contribution in [0.4, 0.5) is 8.78 Å². The third kappa shape index (κ3) is 10.6. The number of nitrogens with zero attached hydrogens (tertiary/aromatic N) is 8. The van der Waals surface area contributed by atoms with Crippen LogP contribution in [0.3, 0.4) is 0 Å². The Labute approximate surface area is 394 Å². The number of guanidine groups is 2. The Morgan fingerprint density at radius 3 is 1.75 bits per heavy atom. The fraction of sp³-hybridized carbons (Fsp3) is 0.280. The maximum atomic E-state index is 13.4. The van der Waals surface area contributed by atoms with Crippen LogP contribution in [0.1, 0.15) is 61.0 Å². The minimum atomic E-state index is -0.710. The largest absolute Gasteiger partial charge is 0.495 e. The molecule has 356 valence electrons. The van der Waals surface area contributed by atoms with Crippen LogP contribution in [0, 0.1) is 25.5 Å². The van der Waals surface area contributed by atoms with Gasteiger partial charge in [0.2, 0.25) is 11.9 Å². The molecule has 68 heavy (non-hydrogen) atoms. The van der Waals surface area contributed by atoms with Gasteiger partial charge < -0.3 is 39.5 Å². The molecule has 2 amide bonds. The third-order valence-electron chi connectivity index (χ3n) is 11.3. The third-order valence-corrected chi connectivity index (χ3v) is 11.3. The molecule has 4 aromatic carbocycles. The molecular formula is C50H56F2N10O6. The van der Waals surface area contributed by atoms with Gasteiger partial charge in [0, 0.05) is 33.3 Å². The van der Waals surface area contributed by atoms with Crippen molar-refractivity contribution < 1.29 is 39.5 Å². The van der Waals surface area contributed by atoms with E-state index in [1.165, 1.54) is 34.1 Å². The van der Waals surface area contributed by atoms with Gasteiger partial charge in [0.25, 0.3) is 11.8 Å². The lowest BCUT2D eigenvalue weighted by Crippen LogP contribution is -2.38. The Kier molecular flexibility index (Phi) is 15.4. The number of nitrogens with one attached hydrogen (secondary N) is 2. The number of benzene rings is 4. The van der Waals surface area contributed by atoms with Gasteiger partial charge in [-0.15, -0.1) is 0 Å². The van der Waals surface area contributed by atoms with Gasteiger partial charge in [0.05, 0.1) is 74.9 Å². The van der Waals surface area contributed by atoms with E-state index in [1.807, 2.05) is 85.6 Å². The Morgan fingerprint density at radius 1 is 0.735 bits per heavy atom. The zero-order valence-corrected chi connectivity index (χ0v) is 38.6. The van der Waals surface area contributed by atoms with Gasteiger partial charge in [0.15, 0.2) is 0 Å². The van der Waals surface area contributed by atoms with E-state index in [4.69, 9.17) is 9.47 Å². The highest BCUT2D eigenvalue weighted by Crippen LogP contribution is 2.31. The summed E-state index contributed by atoms with van der Waals surface area (Å²) < 4.78 is 41.7. The predicted octanol–water partition coefficient (Wildman–Crippen LogP) is 6.24. The molecule has 2 aromatic heterocycles. The van der Waals surface area contributed by atoms with Crippen molar-refractivity contribution in [2.24, 2.45) is 9.98 Å². The molecule has 2 fully saturated rings. The van der Waals surface area contributed by atoms with E-state index in [9.17, 15) is 28.6 Å². The number of carbonyl (C=O) groups excluding carboxylic acids is 2. The van der Waals surface area contributed by atoms with Gasteiger partial charge in [-0.05, 0) is 105 Å². The first-order chi connectivity index (χ1) is 32.9. The average Bonchev–Trinajstić information content (AvgIpc) is 4.12. The zero-order valence-electron chi connectivity index (χ0n) is 38.6. The van der Waals surface area contributed by atoms with Crippen molar-refractivity contribution in [2.45, 2.75) is 52.2 Å². The van der Waals surface area contributed by atoms with E-state index in [2.05, 4.69) is 30.6 Å². The monoisotopic (exact) mass is 931 g/mol. The van der Waals surface area contributed by atoms with Crippen LogP contribution in [0.15, 0.2) is 126 Å². The quantitative estimate of drug-likeness (QED) is 0.0861. The number of aliphatic imine (C=N–C) groups is 2. The summed E-state index contributed by atoms with van der Waals surface area (Å²) in [5, 5.41) is 26.5. The first-order valence-corrected chi connectivity index (χ1v) is 22.0. The van der Waals surface area contributed by atoms with Crippen molar-refractivity contribution in [1.82, 2.24) is 39.5 Å². The molecule has 0 radical (unpaired) electrons. The number of halogens is 2. The summed E-state index contributed by atoms with van der Waals surface area (Å²) in [5.74, 6) is 0.702. The molecule has 0 spiro atoms. The molecule has 0 saturated carbocycles. The summed E-state index contributed by atoms with van der Waals surface area (Å²) in [6.07, 6.45) is 9.36. The molecule has 0 bridgehead atoms. The highest BCUT2D eigenvalue weighted by molar-refractivity contribution is 6.16. The Balaban J connectivity index is 0.000000224. The molecule has 4 N–H and O–H groups in total. The van der Waals surface area contributed by atoms with Crippen molar-refractivity contribution in [3.8, 4) is 22.9 Å². The second kappa shape index (κ2) is 21.7. The highest BCUT2D eigenvalue weighted by atomic mass is 19.1. The normalized spacial score (nSPS) is 17.3. The first-order valence-electron chi connectivity index (χ1n) is 22.0. The molecule has 0 aliphatic carbocycles. The number of rotatable bonds is 15. The van der Waals surface area contributed by atoms with Crippen LogP contribution < -0.4 is 20.1 Å². The lowest BCUT2D eigenvalue weighted by atomic mass is 10.0. The fourth-order valence-electron chi connectivity index (χ4n) is 7.99. The van der Waals surface area contributed by atoms with E-state index >= 15 is 0 Å². The Hall–Kier alpha value is -7.70. The minimum absolute atomic E-state index is 0. The SMILES string of the molecule is CCN=C1N/C(=C\c2ccc(-n3cnc(C)c3)c(OC)c2)C(=O)N1[C@H](CO)c1ccc(F)cc1.CCN=C1NC(Cc2ccc(-n3cnc(C)c3)c(OC)c2)C(=O)N1[C@H](CO)c1ccc(F)cc1.[2HH]. The summed E-state index contributed by atoms with van der Waals surface area (Å²) in [7, 11) is 3.19. The smallest absolute Gasteiger partial charge is 0.277 e. The number of aryl methyl sites for hydroxylation is 2. The maximum Gasteiger partial charge on any atom is 0.277 e. The molecule has 18 heteroatoms. The van der Waals surface area contributed by atoms with Gasteiger partial charge in [-0.1, -0.05) is 36.4 Å². The number of hydrogen-bond donors (Lipinski definition) is 4. The van der Waals surface area contributed by atoms with Crippen LogP contribution in [0.5, 0.6) is 11.5 Å². The number of ether oxygens (including phenoxy) is 2. The van der Waals surface area contributed by atoms with E-state index in [0.29, 0.717) is 59.8 Å². The maximum absolute atomic E-state index is 13.4. The molecule has 2 aliphatic rings. The van der Waals surface area contributed by atoms with Crippen molar-refractivity contribution in [3.05, 3.63) is 161 Å². The molecule has 2 saturated heterocycles. The molecule has 2 aliphatic heterocycles. The number of amides is 2. The van der Waals surface area contributed by atoms with Crippen LogP contribution in [0.25, 0.3) is 17.5 Å². The second-order valence-electron chi connectivity index (χ2n) is 15.8. The number of imidazole rings is 2. The number of methoxy groups -OCH3 is 2. The molecule has 3 atom stereocenters. The number of hydrogen-bond acceptors (Lipinski definition) is 10. The lowest BCUT2D eigenvalue weighted by molar-refractivity contribution is -0.129. The van der Waals surface area contributed by atoms with E-state index in [1.54, 1.807) is 57.2 Å². The van der Waals surface area contributed by atoms with Crippen molar-refractivity contribution in [2.75, 3.05) is 40.5 Å². The molecule has 4 heterocycles. The van der Waals surface area contributed by atoms with Crippen molar-refractivity contribution >= 4 is 29.8 Å². The lowest BCUT2D eigenvalue weighted by Gasteiger charge is -2.26. The van der Waals surface area contributed by atoms with Gasteiger partial charge in [-0.25, -0.2) is 18.7 Å². The fourth-order valence-corrected chi connectivity index (χ4v) is 7.99. The predicted molar refractivity (Wildman–Crippen MR) is 256 cm³/mol. The van der Waals surface area contributed by atoms with E-state index in [0.717, 1.165) is 33.9 Å².